The Bertz CT molecular complexity index is 644. The number of anilines is 2. The van der Waals surface area contributed by atoms with E-state index in [1.54, 1.807) is 25.1 Å². The molecule has 0 radical (unpaired) electrons. The molecule has 150 valence electrons. The van der Waals surface area contributed by atoms with E-state index in [-0.39, 0.29) is 24.8 Å². The van der Waals surface area contributed by atoms with Crippen molar-refractivity contribution >= 4 is 29.3 Å². The fourth-order valence-electron chi connectivity index (χ4n) is 2.57. The summed E-state index contributed by atoms with van der Waals surface area (Å²) in [7, 11) is 4.14. The second-order valence-corrected chi connectivity index (χ2v) is 5.58. The van der Waals surface area contributed by atoms with Crippen molar-refractivity contribution in [2.75, 3.05) is 50.8 Å². The number of esters is 2. The fourth-order valence-corrected chi connectivity index (χ4v) is 2.57. The Morgan fingerprint density at radius 1 is 1.00 bits per heavy atom. The van der Waals surface area contributed by atoms with Crippen LogP contribution in [0, 0.1) is 0 Å². The fraction of sp³-hybridized carbons (Fsp3) is 0.500. The third kappa shape index (κ3) is 6.36. The van der Waals surface area contributed by atoms with Crippen LogP contribution >= 0.6 is 0 Å². The number of ether oxygens (including phenoxy) is 3. The number of benzene rings is 1. The number of hydrogen-bond acceptors (Lipinski definition) is 7. The molecule has 9 heteroatoms. The molecule has 0 aliphatic carbocycles. The van der Waals surface area contributed by atoms with Gasteiger partial charge in [0.05, 0.1) is 39.9 Å². The number of nitrogens with two attached hydrogens (primary N) is 1. The predicted molar refractivity (Wildman–Crippen MR) is 101 cm³/mol. The van der Waals surface area contributed by atoms with Gasteiger partial charge in [-0.25, -0.2) is 4.79 Å². The van der Waals surface area contributed by atoms with Crippen LogP contribution in [0.3, 0.4) is 0 Å². The van der Waals surface area contributed by atoms with E-state index in [0.717, 1.165) is 0 Å². The summed E-state index contributed by atoms with van der Waals surface area (Å²) in [6, 6.07) is 4.58. The van der Waals surface area contributed by atoms with Crippen LogP contribution in [-0.4, -0.2) is 58.9 Å². The van der Waals surface area contributed by atoms with Crippen molar-refractivity contribution in [1.29, 1.82) is 0 Å². The van der Waals surface area contributed by atoms with Crippen molar-refractivity contribution < 1.29 is 28.6 Å². The van der Waals surface area contributed by atoms with Crippen LogP contribution in [0.1, 0.15) is 19.8 Å². The molecule has 0 saturated heterocycles. The molecule has 0 saturated carbocycles. The maximum Gasteiger partial charge on any atom is 0.319 e. The van der Waals surface area contributed by atoms with Crippen molar-refractivity contribution in [2.45, 2.75) is 19.8 Å². The van der Waals surface area contributed by atoms with Gasteiger partial charge < -0.3 is 24.8 Å². The minimum absolute atomic E-state index is 0.123. The summed E-state index contributed by atoms with van der Waals surface area (Å²) < 4.78 is 14.8. The van der Waals surface area contributed by atoms with Crippen LogP contribution in [0.4, 0.5) is 16.2 Å². The number of nitrogens with zero attached hydrogens (tertiary/aromatic N) is 2. The van der Waals surface area contributed by atoms with E-state index in [4.69, 9.17) is 19.9 Å². The molecule has 0 fully saturated rings. The Morgan fingerprint density at radius 3 is 1.96 bits per heavy atom. The maximum absolute atomic E-state index is 11.7. The molecule has 1 rings (SSSR count). The molecule has 9 nitrogen and oxygen atoms in total. The molecule has 27 heavy (non-hydrogen) atoms. The highest BCUT2D eigenvalue weighted by Crippen LogP contribution is 2.33. The summed E-state index contributed by atoms with van der Waals surface area (Å²) in [5.74, 6) is -0.213. The van der Waals surface area contributed by atoms with Gasteiger partial charge in [-0.3, -0.25) is 14.5 Å². The van der Waals surface area contributed by atoms with Crippen molar-refractivity contribution in [3.8, 4) is 5.75 Å². The van der Waals surface area contributed by atoms with Crippen molar-refractivity contribution in [3.63, 3.8) is 0 Å². The first-order valence-electron chi connectivity index (χ1n) is 8.51. The normalized spacial score (nSPS) is 10.1. The highest BCUT2D eigenvalue weighted by molar-refractivity contribution is 5.91. The summed E-state index contributed by atoms with van der Waals surface area (Å²) in [5.41, 5.74) is 6.64. The zero-order chi connectivity index (χ0) is 20.4. The molecule has 1 aromatic carbocycles. The van der Waals surface area contributed by atoms with Crippen LogP contribution in [0.5, 0.6) is 5.75 Å². The predicted octanol–water partition coefficient (Wildman–Crippen LogP) is 1.53. The minimum atomic E-state index is -0.579. The van der Waals surface area contributed by atoms with E-state index < -0.39 is 6.03 Å². The monoisotopic (exact) mass is 381 g/mol. The third-order valence-electron chi connectivity index (χ3n) is 4.02. The number of rotatable bonds is 10. The molecular weight excluding hydrogens is 354 g/mol. The van der Waals surface area contributed by atoms with Crippen molar-refractivity contribution in [1.82, 2.24) is 0 Å². The second-order valence-electron chi connectivity index (χ2n) is 5.58. The van der Waals surface area contributed by atoms with E-state index in [1.807, 2.05) is 4.90 Å². The van der Waals surface area contributed by atoms with Gasteiger partial charge >= 0.3 is 18.0 Å². The Balaban J connectivity index is 3.23. The smallest absolute Gasteiger partial charge is 0.319 e. The van der Waals surface area contributed by atoms with Crippen LogP contribution in [0.25, 0.3) is 0 Å². The van der Waals surface area contributed by atoms with Gasteiger partial charge in [0.15, 0.2) is 0 Å². The Morgan fingerprint density at radius 2 is 1.56 bits per heavy atom. The topological polar surface area (TPSA) is 111 Å². The highest BCUT2D eigenvalue weighted by Gasteiger charge is 2.19. The van der Waals surface area contributed by atoms with Gasteiger partial charge in [0.2, 0.25) is 0 Å². The second kappa shape index (κ2) is 10.9. The van der Waals surface area contributed by atoms with E-state index in [1.165, 1.54) is 26.2 Å². The van der Waals surface area contributed by atoms with Gasteiger partial charge in [-0.05, 0) is 25.1 Å². The minimum Gasteiger partial charge on any atom is -0.495 e. The SMILES string of the molecule is CCN(C(N)=O)c1ccc(OC)c(N(CCC(=O)OC)CCC(=O)OC)c1. The first-order valence-corrected chi connectivity index (χ1v) is 8.51. The number of primary amides is 1. The molecule has 0 unspecified atom stereocenters. The first-order chi connectivity index (χ1) is 12.9. The lowest BCUT2D eigenvalue weighted by Gasteiger charge is -2.28. The zero-order valence-electron chi connectivity index (χ0n) is 16.2. The van der Waals surface area contributed by atoms with Gasteiger partial charge in [-0.15, -0.1) is 0 Å². The lowest BCUT2D eigenvalue weighted by Crippen LogP contribution is -2.36. The van der Waals surface area contributed by atoms with Crippen molar-refractivity contribution in [3.05, 3.63) is 18.2 Å². The highest BCUT2D eigenvalue weighted by atomic mass is 16.5. The number of methoxy groups -OCH3 is 3. The third-order valence-corrected chi connectivity index (χ3v) is 4.02. The number of carbonyl (C=O) groups is 3. The molecule has 0 bridgehead atoms. The lowest BCUT2D eigenvalue weighted by atomic mass is 10.2. The number of urea groups is 1. The van der Waals surface area contributed by atoms with Gasteiger partial charge in [0.25, 0.3) is 0 Å². The molecule has 2 amide bonds. The molecule has 0 spiro atoms. The molecule has 0 heterocycles. The number of amides is 2. The Labute approximate surface area is 158 Å². The van der Waals surface area contributed by atoms with Gasteiger partial charge in [0.1, 0.15) is 5.75 Å². The molecule has 0 atom stereocenters. The lowest BCUT2D eigenvalue weighted by molar-refractivity contribution is -0.140. The van der Waals surface area contributed by atoms with Gasteiger partial charge in [-0.1, -0.05) is 0 Å². The van der Waals surface area contributed by atoms with E-state index in [9.17, 15) is 14.4 Å². The quantitative estimate of drug-likeness (QED) is 0.612. The first kappa shape index (κ1) is 22.1. The summed E-state index contributed by atoms with van der Waals surface area (Å²) in [6.07, 6.45) is 0.247. The zero-order valence-corrected chi connectivity index (χ0v) is 16.2. The van der Waals surface area contributed by atoms with Gasteiger partial charge in [-0.2, -0.15) is 0 Å². The average Bonchev–Trinajstić information content (AvgIpc) is 2.67. The van der Waals surface area contributed by atoms with E-state index >= 15 is 0 Å². The van der Waals surface area contributed by atoms with Crippen LogP contribution in [-0.2, 0) is 19.1 Å². The van der Waals surface area contributed by atoms with Gasteiger partial charge in [0, 0.05) is 25.3 Å². The van der Waals surface area contributed by atoms with Crippen LogP contribution in [0.15, 0.2) is 18.2 Å². The molecule has 0 aliphatic rings. The summed E-state index contributed by atoms with van der Waals surface area (Å²) in [4.78, 5) is 38.0. The number of carbonyl (C=O) groups excluding carboxylic acids is 3. The summed E-state index contributed by atoms with van der Waals surface area (Å²) >= 11 is 0. The number of hydrogen-bond donors (Lipinski definition) is 1. The molecular formula is C18H27N3O6. The van der Waals surface area contributed by atoms with Crippen LogP contribution in [0.2, 0.25) is 0 Å². The maximum atomic E-state index is 11.7. The van der Waals surface area contributed by atoms with E-state index in [2.05, 4.69) is 0 Å². The van der Waals surface area contributed by atoms with Crippen molar-refractivity contribution in [2.24, 2.45) is 5.73 Å². The van der Waals surface area contributed by atoms with E-state index in [0.29, 0.717) is 36.8 Å². The van der Waals surface area contributed by atoms with Crippen LogP contribution < -0.4 is 20.3 Å². The average molecular weight is 381 g/mol. The summed E-state index contributed by atoms with van der Waals surface area (Å²) in [6.45, 7) is 2.80. The Kier molecular flexibility index (Phi) is 8.91. The molecule has 1 aromatic rings. The largest absolute Gasteiger partial charge is 0.495 e. The Hall–Kier alpha value is -2.97. The molecule has 0 aromatic heterocycles. The summed E-state index contributed by atoms with van der Waals surface area (Å²) in [5, 5.41) is 0. The molecule has 2 N–H and O–H groups in total. The molecule has 0 aliphatic heterocycles. The standard InChI is InChI=1S/C18H27N3O6/c1-5-21(18(19)24)13-6-7-15(25-2)14(12-13)20(10-8-16(22)26-3)11-9-17(23)27-4/h6-7,12H,5,8-11H2,1-4H3,(H2,19,24).